The molecule has 1 aliphatic heterocycles. The van der Waals surface area contributed by atoms with Crippen LogP contribution in [-0.2, 0) is 6.42 Å². The molecule has 1 aromatic carbocycles. The summed E-state index contributed by atoms with van der Waals surface area (Å²) in [5.41, 5.74) is 1.56. The van der Waals surface area contributed by atoms with Crippen LogP contribution in [0.5, 0.6) is 0 Å². The van der Waals surface area contributed by atoms with Crippen LogP contribution in [-0.4, -0.2) is 18.3 Å². The fraction of sp³-hybridized carbons (Fsp3) is 0.600. The van der Waals surface area contributed by atoms with Gasteiger partial charge in [0.15, 0.2) is 0 Å². The van der Waals surface area contributed by atoms with E-state index >= 15 is 0 Å². The molecule has 92 valence electrons. The van der Waals surface area contributed by atoms with Gasteiger partial charge in [0.1, 0.15) is 0 Å². The molecule has 2 aliphatic rings. The standard InChI is InChI=1S/C15H21NS/c1-16-14(11-6-7-11)9-8-13-10-12-4-2-3-5-15(12)17-13/h2-5,11,13-14,16H,6-10H2,1H3. The number of nitrogens with one attached hydrogen (secondary N) is 1. The smallest absolute Gasteiger partial charge is 0.0136 e. The maximum Gasteiger partial charge on any atom is 0.0136 e. The van der Waals surface area contributed by atoms with Crippen molar-refractivity contribution in [3.63, 3.8) is 0 Å². The van der Waals surface area contributed by atoms with Crippen LogP contribution in [0.25, 0.3) is 0 Å². The van der Waals surface area contributed by atoms with Gasteiger partial charge in [0.25, 0.3) is 0 Å². The maximum absolute atomic E-state index is 3.50. The summed E-state index contributed by atoms with van der Waals surface area (Å²) in [5, 5.41) is 4.32. The lowest BCUT2D eigenvalue weighted by Crippen LogP contribution is -2.28. The predicted octanol–water partition coefficient (Wildman–Crippen LogP) is 3.48. The lowest BCUT2D eigenvalue weighted by atomic mass is 10.0. The quantitative estimate of drug-likeness (QED) is 0.855. The van der Waals surface area contributed by atoms with Crippen LogP contribution in [0, 0.1) is 5.92 Å². The highest BCUT2D eigenvalue weighted by atomic mass is 32.2. The molecular formula is C15H21NS. The zero-order valence-corrected chi connectivity index (χ0v) is 11.3. The number of thioether (sulfide) groups is 1. The predicted molar refractivity (Wildman–Crippen MR) is 74.6 cm³/mol. The van der Waals surface area contributed by atoms with E-state index in [1.165, 1.54) is 37.0 Å². The molecule has 0 radical (unpaired) electrons. The Bertz CT molecular complexity index is 361. The highest BCUT2D eigenvalue weighted by Crippen LogP contribution is 2.40. The van der Waals surface area contributed by atoms with Gasteiger partial charge in [-0.2, -0.15) is 0 Å². The van der Waals surface area contributed by atoms with Gasteiger partial charge in [-0.1, -0.05) is 18.2 Å². The summed E-state index contributed by atoms with van der Waals surface area (Å²) in [6.45, 7) is 0. The van der Waals surface area contributed by atoms with Crippen molar-refractivity contribution in [1.29, 1.82) is 0 Å². The molecule has 1 aromatic rings. The second-order valence-electron chi connectivity index (χ2n) is 5.36. The van der Waals surface area contributed by atoms with Crippen molar-refractivity contribution in [2.45, 2.75) is 48.3 Å². The summed E-state index contributed by atoms with van der Waals surface area (Å²) < 4.78 is 0. The van der Waals surface area contributed by atoms with E-state index in [4.69, 9.17) is 0 Å². The number of benzene rings is 1. The van der Waals surface area contributed by atoms with Gasteiger partial charge < -0.3 is 5.32 Å². The molecule has 2 atom stereocenters. The first kappa shape index (κ1) is 11.6. The van der Waals surface area contributed by atoms with Gasteiger partial charge in [-0.25, -0.2) is 0 Å². The Balaban J connectivity index is 1.51. The minimum atomic E-state index is 0.777. The van der Waals surface area contributed by atoms with E-state index in [-0.39, 0.29) is 0 Å². The van der Waals surface area contributed by atoms with E-state index in [1.807, 2.05) is 0 Å². The zero-order chi connectivity index (χ0) is 11.7. The first-order valence-electron chi connectivity index (χ1n) is 6.78. The summed E-state index contributed by atoms with van der Waals surface area (Å²) >= 11 is 2.09. The van der Waals surface area contributed by atoms with Crippen molar-refractivity contribution in [2.75, 3.05) is 7.05 Å². The monoisotopic (exact) mass is 247 g/mol. The normalized spacial score (nSPS) is 24.6. The van der Waals surface area contributed by atoms with Crippen molar-refractivity contribution in [1.82, 2.24) is 5.32 Å². The molecule has 0 aromatic heterocycles. The number of hydrogen-bond acceptors (Lipinski definition) is 2. The van der Waals surface area contributed by atoms with Gasteiger partial charge in [-0.05, 0) is 56.7 Å². The van der Waals surface area contributed by atoms with Gasteiger partial charge in [-0.15, -0.1) is 11.8 Å². The average Bonchev–Trinajstić information content (AvgIpc) is 3.09. The summed E-state index contributed by atoms with van der Waals surface area (Å²) in [7, 11) is 2.12. The minimum Gasteiger partial charge on any atom is -0.317 e. The second-order valence-corrected chi connectivity index (χ2v) is 6.70. The minimum absolute atomic E-state index is 0.777. The third-order valence-electron chi connectivity index (χ3n) is 4.08. The third kappa shape index (κ3) is 2.69. The Hall–Kier alpha value is -0.470. The van der Waals surface area contributed by atoms with Crippen molar-refractivity contribution in [3.05, 3.63) is 29.8 Å². The fourth-order valence-electron chi connectivity index (χ4n) is 2.89. The first-order valence-corrected chi connectivity index (χ1v) is 7.66. The summed E-state index contributed by atoms with van der Waals surface area (Å²) in [5.74, 6) is 0.980. The molecule has 1 nitrogen and oxygen atoms in total. The summed E-state index contributed by atoms with van der Waals surface area (Å²) in [6, 6.07) is 9.67. The van der Waals surface area contributed by atoms with Crippen LogP contribution in [0.2, 0.25) is 0 Å². The van der Waals surface area contributed by atoms with Gasteiger partial charge >= 0.3 is 0 Å². The third-order valence-corrected chi connectivity index (χ3v) is 5.46. The Kier molecular flexibility index (Phi) is 3.44. The van der Waals surface area contributed by atoms with E-state index in [9.17, 15) is 0 Å². The molecule has 1 fully saturated rings. The van der Waals surface area contributed by atoms with Crippen LogP contribution < -0.4 is 5.32 Å². The van der Waals surface area contributed by atoms with Gasteiger partial charge in [-0.3, -0.25) is 0 Å². The Morgan fingerprint density at radius 2 is 2.18 bits per heavy atom. The van der Waals surface area contributed by atoms with Gasteiger partial charge in [0, 0.05) is 16.2 Å². The van der Waals surface area contributed by atoms with Gasteiger partial charge in [0.2, 0.25) is 0 Å². The molecular weight excluding hydrogens is 226 g/mol. The average molecular weight is 247 g/mol. The number of hydrogen-bond donors (Lipinski definition) is 1. The Labute approximate surface area is 108 Å². The number of rotatable bonds is 5. The molecule has 0 saturated heterocycles. The number of fused-ring (bicyclic) bond motifs is 1. The Morgan fingerprint density at radius 3 is 2.88 bits per heavy atom. The molecule has 17 heavy (non-hydrogen) atoms. The molecule has 2 unspecified atom stereocenters. The SMILES string of the molecule is CNC(CCC1Cc2ccccc2S1)C1CC1. The lowest BCUT2D eigenvalue weighted by molar-refractivity contribution is 0.453. The van der Waals surface area contributed by atoms with Crippen LogP contribution >= 0.6 is 11.8 Å². The van der Waals surface area contributed by atoms with Crippen LogP contribution in [0.3, 0.4) is 0 Å². The molecule has 2 heteroatoms. The molecule has 0 amide bonds. The zero-order valence-electron chi connectivity index (χ0n) is 10.5. The topological polar surface area (TPSA) is 12.0 Å². The van der Waals surface area contributed by atoms with E-state index in [0.29, 0.717) is 0 Å². The molecule has 1 saturated carbocycles. The lowest BCUT2D eigenvalue weighted by Gasteiger charge is -2.17. The molecule has 1 heterocycles. The fourth-order valence-corrected chi connectivity index (χ4v) is 4.23. The highest BCUT2D eigenvalue weighted by molar-refractivity contribution is 8.00. The summed E-state index contributed by atoms with van der Waals surface area (Å²) in [4.78, 5) is 1.52. The maximum atomic E-state index is 3.50. The Morgan fingerprint density at radius 1 is 1.35 bits per heavy atom. The van der Waals surface area contributed by atoms with Crippen molar-refractivity contribution < 1.29 is 0 Å². The van der Waals surface area contributed by atoms with Crippen LogP contribution in [0.1, 0.15) is 31.2 Å². The van der Waals surface area contributed by atoms with Crippen molar-refractivity contribution >= 4 is 11.8 Å². The summed E-state index contributed by atoms with van der Waals surface area (Å²) in [6.07, 6.45) is 6.89. The van der Waals surface area contributed by atoms with E-state index < -0.39 is 0 Å². The van der Waals surface area contributed by atoms with Gasteiger partial charge in [0.05, 0.1) is 0 Å². The largest absolute Gasteiger partial charge is 0.317 e. The molecule has 1 N–H and O–H groups in total. The second kappa shape index (κ2) is 5.03. The van der Waals surface area contributed by atoms with Crippen LogP contribution in [0.15, 0.2) is 29.2 Å². The highest BCUT2D eigenvalue weighted by Gasteiger charge is 2.31. The van der Waals surface area contributed by atoms with Crippen LogP contribution in [0.4, 0.5) is 0 Å². The van der Waals surface area contributed by atoms with Crippen molar-refractivity contribution in [3.8, 4) is 0 Å². The molecule has 1 aliphatic carbocycles. The molecule has 0 bridgehead atoms. The van der Waals surface area contributed by atoms with E-state index in [0.717, 1.165) is 17.2 Å². The first-order chi connectivity index (χ1) is 8.36. The molecule has 3 rings (SSSR count). The van der Waals surface area contributed by atoms with E-state index in [1.54, 1.807) is 5.56 Å². The van der Waals surface area contributed by atoms with E-state index in [2.05, 4.69) is 48.4 Å². The van der Waals surface area contributed by atoms with Crippen molar-refractivity contribution in [2.24, 2.45) is 5.92 Å². The molecule has 0 spiro atoms.